The Hall–Kier alpha value is -2.66. The molecule has 1 saturated heterocycles. The van der Waals surface area contributed by atoms with Crippen molar-refractivity contribution in [2.75, 3.05) is 25.6 Å². The average molecular weight is 352 g/mol. The van der Waals surface area contributed by atoms with Gasteiger partial charge in [0.05, 0.1) is 0 Å². The average Bonchev–Trinajstić information content (AvgIpc) is 3.12. The maximum Gasteiger partial charge on any atom is 0.249 e. The molecule has 0 aliphatic carbocycles. The first-order valence-electron chi connectivity index (χ1n) is 8.85. The number of hydrogen-bond acceptors (Lipinski definition) is 3. The third kappa shape index (κ3) is 4.11. The summed E-state index contributed by atoms with van der Waals surface area (Å²) in [7, 11) is 1.49. The molecular formula is C21H24N2O3. The van der Waals surface area contributed by atoms with E-state index < -0.39 is 6.04 Å². The van der Waals surface area contributed by atoms with Gasteiger partial charge in [0.1, 0.15) is 12.6 Å². The fourth-order valence-electron chi connectivity index (χ4n) is 3.37. The van der Waals surface area contributed by atoms with Crippen molar-refractivity contribution in [2.24, 2.45) is 0 Å². The van der Waals surface area contributed by atoms with Gasteiger partial charge in [-0.25, -0.2) is 0 Å². The number of ether oxygens (including phenoxy) is 1. The van der Waals surface area contributed by atoms with E-state index in [-0.39, 0.29) is 18.4 Å². The molecule has 5 nitrogen and oxygen atoms in total. The first kappa shape index (κ1) is 18.1. The lowest BCUT2D eigenvalue weighted by Crippen LogP contribution is -2.44. The van der Waals surface area contributed by atoms with E-state index in [1.807, 2.05) is 30.3 Å². The second-order valence-corrected chi connectivity index (χ2v) is 6.62. The Morgan fingerprint density at radius 1 is 1.15 bits per heavy atom. The summed E-state index contributed by atoms with van der Waals surface area (Å²) < 4.78 is 4.91. The van der Waals surface area contributed by atoms with E-state index in [1.165, 1.54) is 12.7 Å². The Labute approximate surface area is 154 Å². The summed E-state index contributed by atoms with van der Waals surface area (Å²) in [5, 5.41) is 2.96. The zero-order valence-corrected chi connectivity index (χ0v) is 15.2. The van der Waals surface area contributed by atoms with Crippen LogP contribution < -0.4 is 5.32 Å². The van der Waals surface area contributed by atoms with E-state index in [0.717, 1.165) is 23.2 Å². The Morgan fingerprint density at radius 2 is 1.88 bits per heavy atom. The van der Waals surface area contributed by atoms with Crippen molar-refractivity contribution in [2.45, 2.75) is 25.8 Å². The maximum atomic E-state index is 12.7. The summed E-state index contributed by atoms with van der Waals surface area (Å²) in [4.78, 5) is 26.4. The summed E-state index contributed by atoms with van der Waals surface area (Å²) in [6.45, 7) is 2.66. The van der Waals surface area contributed by atoms with Crippen LogP contribution in [0, 0.1) is 6.92 Å². The van der Waals surface area contributed by atoms with Crippen LogP contribution in [0.4, 0.5) is 5.69 Å². The number of nitrogens with zero attached hydrogens (tertiary/aromatic N) is 1. The minimum Gasteiger partial charge on any atom is -0.375 e. The van der Waals surface area contributed by atoms with Gasteiger partial charge in [0.2, 0.25) is 11.8 Å². The smallest absolute Gasteiger partial charge is 0.249 e. The van der Waals surface area contributed by atoms with Crippen molar-refractivity contribution in [3.05, 3.63) is 54.1 Å². The van der Waals surface area contributed by atoms with Gasteiger partial charge in [0.25, 0.3) is 0 Å². The number of aryl methyl sites for hydroxylation is 1. The SMILES string of the molecule is COCC(=O)N1CCC[C@H]1C(=O)Nc1cccc(-c2cccc(C)c2)c1. The molecule has 3 rings (SSSR count). The normalized spacial score (nSPS) is 16.5. The van der Waals surface area contributed by atoms with Crippen LogP contribution >= 0.6 is 0 Å². The number of benzene rings is 2. The maximum absolute atomic E-state index is 12.7. The Bertz CT molecular complexity index is 803. The summed E-state index contributed by atoms with van der Waals surface area (Å²) in [6, 6.07) is 15.6. The number of nitrogens with one attached hydrogen (secondary N) is 1. The molecule has 0 radical (unpaired) electrons. The highest BCUT2D eigenvalue weighted by Gasteiger charge is 2.33. The van der Waals surface area contributed by atoms with Gasteiger partial charge in [-0.1, -0.05) is 42.0 Å². The van der Waals surface area contributed by atoms with E-state index >= 15 is 0 Å². The molecule has 5 heteroatoms. The van der Waals surface area contributed by atoms with E-state index in [9.17, 15) is 9.59 Å². The van der Waals surface area contributed by atoms with Crippen molar-refractivity contribution >= 4 is 17.5 Å². The quantitative estimate of drug-likeness (QED) is 0.899. The van der Waals surface area contributed by atoms with Crippen molar-refractivity contribution in [1.82, 2.24) is 4.90 Å². The second-order valence-electron chi connectivity index (χ2n) is 6.62. The Balaban J connectivity index is 1.73. The van der Waals surface area contributed by atoms with Gasteiger partial charge >= 0.3 is 0 Å². The minimum atomic E-state index is -0.430. The molecule has 1 fully saturated rings. The lowest BCUT2D eigenvalue weighted by molar-refractivity contribution is -0.139. The van der Waals surface area contributed by atoms with Crippen LogP contribution in [0.3, 0.4) is 0 Å². The predicted octanol–water partition coefficient (Wildman–Crippen LogP) is 3.24. The summed E-state index contributed by atoms with van der Waals surface area (Å²) in [5.74, 6) is -0.285. The highest BCUT2D eigenvalue weighted by molar-refractivity contribution is 5.98. The van der Waals surface area contributed by atoms with Gasteiger partial charge in [-0.05, 0) is 43.0 Å². The lowest BCUT2D eigenvalue weighted by atomic mass is 10.0. The van der Waals surface area contributed by atoms with Gasteiger partial charge in [-0.2, -0.15) is 0 Å². The van der Waals surface area contributed by atoms with Gasteiger partial charge in [-0.15, -0.1) is 0 Å². The topological polar surface area (TPSA) is 58.6 Å². The van der Waals surface area contributed by atoms with E-state index in [4.69, 9.17) is 4.74 Å². The van der Waals surface area contributed by atoms with Crippen molar-refractivity contribution in [3.63, 3.8) is 0 Å². The van der Waals surface area contributed by atoms with Crippen LogP contribution in [0.5, 0.6) is 0 Å². The zero-order valence-electron chi connectivity index (χ0n) is 15.2. The summed E-state index contributed by atoms with van der Waals surface area (Å²) in [5.41, 5.74) is 4.08. The van der Waals surface area contributed by atoms with Crippen LogP contribution in [-0.4, -0.2) is 43.0 Å². The number of amides is 2. The monoisotopic (exact) mass is 352 g/mol. The Morgan fingerprint density at radius 3 is 2.62 bits per heavy atom. The lowest BCUT2D eigenvalue weighted by Gasteiger charge is -2.23. The highest BCUT2D eigenvalue weighted by Crippen LogP contribution is 2.25. The molecule has 0 saturated carbocycles. The van der Waals surface area contributed by atoms with Gasteiger partial charge in [0, 0.05) is 19.3 Å². The molecule has 0 bridgehead atoms. The van der Waals surface area contributed by atoms with Crippen LogP contribution in [0.25, 0.3) is 11.1 Å². The number of likely N-dealkylation sites (tertiary alicyclic amines) is 1. The molecule has 2 aromatic carbocycles. The molecule has 2 aromatic rings. The Kier molecular flexibility index (Phi) is 5.68. The predicted molar refractivity (Wildman–Crippen MR) is 102 cm³/mol. The zero-order chi connectivity index (χ0) is 18.5. The van der Waals surface area contributed by atoms with E-state index in [1.54, 1.807) is 4.90 Å². The molecule has 1 heterocycles. The number of carbonyl (C=O) groups is 2. The second kappa shape index (κ2) is 8.15. The fourth-order valence-corrected chi connectivity index (χ4v) is 3.37. The molecule has 0 spiro atoms. The highest BCUT2D eigenvalue weighted by atomic mass is 16.5. The molecule has 136 valence electrons. The summed E-state index contributed by atoms with van der Waals surface area (Å²) in [6.07, 6.45) is 1.51. The van der Waals surface area contributed by atoms with Crippen molar-refractivity contribution in [3.8, 4) is 11.1 Å². The largest absolute Gasteiger partial charge is 0.375 e. The molecule has 0 unspecified atom stereocenters. The molecule has 2 amide bonds. The molecular weight excluding hydrogens is 328 g/mol. The number of carbonyl (C=O) groups excluding carboxylic acids is 2. The first-order chi connectivity index (χ1) is 12.6. The molecule has 1 aliphatic heterocycles. The molecule has 26 heavy (non-hydrogen) atoms. The standard InChI is InChI=1S/C21H24N2O3/c1-15-6-3-7-16(12-15)17-8-4-9-18(13-17)22-21(25)19-10-5-11-23(19)20(24)14-26-2/h3-4,6-9,12-13,19H,5,10-11,14H2,1-2H3,(H,22,25)/t19-/m0/s1. The van der Waals surface area contributed by atoms with Crippen LogP contribution in [0.1, 0.15) is 18.4 Å². The number of methoxy groups -OCH3 is 1. The molecule has 1 atom stereocenters. The van der Waals surface area contributed by atoms with Gasteiger partial charge < -0.3 is 15.0 Å². The third-order valence-electron chi connectivity index (χ3n) is 4.63. The number of anilines is 1. The molecule has 0 aromatic heterocycles. The third-order valence-corrected chi connectivity index (χ3v) is 4.63. The van der Waals surface area contributed by atoms with Crippen LogP contribution in [0.2, 0.25) is 0 Å². The van der Waals surface area contributed by atoms with Crippen LogP contribution in [-0.2, 0) is 14.3 Å². The fraction of sp³-hybridized carbons (Fsp3) is 0.333. The van der Waals surface area contributed by atoms with Gasteiger partial charge in [0.15, 0.2) is 0 Å². The van der Waals surface area contributed by atoms with Crippen LogP contribution in [0.15, 0.2) is 48.5 Å². The first-order valence-corrected chi connectivity index (χ1v) is 8.85. The van der Waals surface area contributed by atoms with Crippen molar-refractivity contribution < 1.29 is 14.3 Å². The number of hydrogen-bond donors (Lipinski definition) is 1. The number of rotatable bonds is 5. The van der Waals surface area contributed by atoms with Crippen molar-refractivity contribution in [1.29, 1.82) is 0 Å². The van der Waals surface area contributed by atoms with E-state index in [2.05, 4.69) is 30.4 Å². The van der Waals surface area contributed by atoms with Gasteiger partial charge in [-0.3, -0.25) is 9.59 Å². The molecule has 1 aliphatic rings. The van der Waals surface area contributed by atoms with E-state index in [0.29, 0.717) is 13.0 Å². The minimum absolute atomic E-state index is 0.00657. The summed E-state index contributed by atoms with van der Waals surface area (Å²) >= 11 is 0. The molecule has 1 N–H and O–H groups in total.